The molecule has 0 spiro atoms. The van der Waals surface area contributed by atoms with E-state index < -0.39 is 0 Å². The maximum atomic E-state index is 5.79. The molecule has 0 aliphatic heterocycles. The lowest BCUT2D eigenvalue weighted by Crippen LogP contribution is -2.09. The molecule has 4 nitrogen and oxygen atoms in total. The van der Waals surface area contributed by atoms with Gasteiger partial charge in [0.15, 0.2) is 0 Å². The molecule has 0 bridgehead atoms. The predicted octanol–water partition coefficient (Wildman–Crippen LogP) is 3.01. The van der Waals surface area contributed by atoms with Crippen molar-refractivity contribution in [2.45, 2.75) is 13.5 Å². The van der Waals surface area contributed by atoms with Gasteiger partial charge in [-0.2, -0.15) is 0 Å². The number of ether oxygens (including phenoxy) is 1. The lowest BCUT2D eigenvalue weighted by molar-refractivity contribution is 0.299. The summed E-state index contributed by atoms with van der Waals surface area (Å²) in [5.74, 6) is 1.86. The summed E-state index contributed by atoms with van der Waals surface area (Å²) in [6, 6.07) is 15.6. The molecule has 0 amide bonds. The quantitative estimate of drug-likeness (QED) is 0.739. The first-order chi connectivity index (χ1) is 9.74. The van der Waals surface area contributed by atoms with E-state index in [0.29, 0.717) is 6.61 Å². The van der Waals surface area contributed by atoms with Crippen LogP contribution in [0, 0.1) is 6.92 Å². The molecule has 0 aliphatic rings. The highest BCUT2D eigenvalue weighted by Crippen LogP contribution is 2.19. The summed E-state index contributed by atoms with van der Waals surface area (Å²) < 4.78 is 7.88. The minimum Gasteiger partial charge on any atom is -0.492 e. The largest absolute Gasteiger partial charge is 0.492 e. The first-order valence-corrected chi connectivity index (χ1v) is 6.64. The summed E-state index contributed by atoms with van der Waals surface area (Å²) in [6.07, 6.45) is 0. The van der Waals surface area contributed by atoms with E-state index >= 15 is 0 Å². The van der Waals surface area contributed by atoms with Crippen LogP contribution in [0.3, 0.4) is 0 Å². The summed E-state index contributed by atoms with van der Waals surface area (Å²) in [4.78, 5) is 4.53. The van der Waals surface area contributed by atoms with Crippen LogP contribution in [0.25, 0.3) is 11.0 Å². The van der Waals surface area contributed by atoms with E-state index in [1.54, 1.807) is 0 Å². The molecule has 1 aromatic heterocycles. The Balaban J connectivity index is 1.76. The van der Waals surface area contributed by atoms with Gasteiger partial charge in [-0.25, -0.2) is 4.98 Å². The Bertz CT molecular complexity index is 719. The minimum atomic E-state index is 0.612. The van der Waals surface area contributed by atoms with Gasteiger partial charge in [-0.1, -0.05) is 18.2 Å². The molecular formula is C16H17N3O. The Labute approximate surface area is 117 Å². The highest BCUT2D eigenvalue weighted by Gasteiger charge is 2.07. The van der Waals surface area contributed by atoms with Gasteiger partial charge in [0.25, 0.3) is 0 Å². The zero-order chi connectivity index (χ0) is 13.9. The number of para-hydroxylation sites is 1. The van der Waals surface area contributed by atoms with Gasteiger partial charge >= 0.3 is 0 Å². The Kier molecular flexibility index (Phi) is 3.29. The third kappa shape index (κ3) is 2.45. The number of rotatable bonds is 4. The Morgan fingerprint density at radius 1 is 1.15 bits per heavy atom. The number of hydrogen-bond acceptors (Lipinski definition) is 3. The van der Waals surface area contributed by atoms with Gasteiger partial charge in [0.05, 0.1) is 17.6 Å². The number of nitrogens with two attached hydrogens (primary N) is 1. The van der Waals surface area contributed by atoms with Gasteiger partial charge < -0.3 is 15.0 Å². The van der Waals surface area contributed by atoms with Crippen molar-refractivity contribution >= 4 is 16.7 Å². The summed E-state index contributed by atoms with van der Waals surface area (Å²) in [6.45, 7) is 3.38. The van der Waals surface area contributed by atoms with Crippen molar-refractivity contribution in [1.29, 1.82) is 0 Å². The van der Waals surface area contributed by atoms with E-state index in [1.165, 1.54) is 0 Å². The maximum absolute atomic E-state index is 5.79. The molecule has 3 aromatic rings. The van der Waals surface area contributed by atoms with Crippen LogP contribution in [0.5, 0.6) is 5.75 Å². The number of nitrogen functional groups attached to an aromatic ring is 1. The van der Waals surface area contributed by atoms with Gasteiger partial charge in [-0.15, -0.1) is 0 Å². The van der Waals surface area contributed by atoms with Gasteiger partial charge in [0.1, 0.15) is 18.2 Å². The highest BCUT2D eigenvalue weighted by atomic mass is 16.5. The van der Waals surface area contributed by atoms with Crippen LogP contribution < -0.4 is 10.5 Å². The van der Waals surface area contributed by atoms with Crippen molar-refractivity contribution < 1.29 is 4.74 Å². The molecule has 102 valence electrons. The van der Waals surface area contributed by atoms with Crippen LogP contribution in [0.4, 0.5) is 5.69 Å². The number of aromatic nitrogens is 2. The Morgan fingerprint density at radius 2 is 1.95 bits per heavy atom. The van der Waals surface area contributed by atoms with Crippen LogP contribution in [0.1, 0.15) is 5.82 Å². The van der Waals surface area contributed by atoms with E-state index in [1.807, 2.05) is 55.5 Å². The zero-order valence-corrected chi connectivity index (χ0v) is 11.4. The van der Waals surface area contributed by atoms with E-state index in [-0.39, 0.29) is 0 Å². The average Bonchev–Trinajstić information content (AvgIpc) is 2.75. The van der Waals surface area contributed by atoms with Gasteiger partial charge in [-0.05, 0) is 37.3 Å². The average molecular weight is 267 g/mol. The van der Waals surface area contributed by atoms with Crippen LogP contribution in [0.2, 0.25) is 0 Å². The number of benzene rings is 2. The topological polar surface area (TPSA) is 53.1 Å². The van der Waals surface area contributed by atoms with Crippen molar-refractivity contribution in [2.75, 3.05) is 12.3 Å². The molecule has 2 aromatic carbocycles. The Morgan fingerprint density at radius 3 is 2.75 bits per heavy atom. The number of fused-ring (bicyclic) bond motifs is 1. The van der Waals surface area contributed by atoms with E-state index in [2.05, 4.69) is 9.55 Å². The lowest BCUT2D eigenvalue weighted by atomic mass is 10.3. The molecular weight excluding hydrogens is 250 g/mol. The molecule has 0 fully saturated rings. The Hall–Kier alpha value is -2.49. The summed E-state index contributed by atoms with van der Waals surface area (Å²) in [7, 11) is 0. The maximum Gasteiger partial charge on any atom is 0.119 e. The van der Waals surface area contributed by atoms with Crippen LogP contribution in [-0.2, 0) is 6.54 Å². The second-order valence-electron chi connectivity index (χ2n) is 4.72. The fourth-order valence-electron chi connectivity index (χ4n) is 2.32. The second-order valence-corrected chi connectivity index (χ2v) is 4.72. The second kappa shape index (κ2) is 5.25. The molecule has 2 N–H and O–H groups in total. The monoisotopic (exact) mass is 267 g/mol. The fourth-order valence-corrected chi connectivity index (χ4v) is 2.32. The van der Waals surface area contributed by atoms with Gasteiger partial charge in [0.2, 0.25) is 0 Å². The van der Waals surface area contributed by atoms with Crippen molar-refractivity contribution in [3.63, 3.8) is 0 Å². The molecule has 0 aliphatic carbocycles. The van der Waals surface area contributed by atoms with Gasteiger partial charge in [0, 0.05) is 5.69 Å². The standard InChI is InChI=1S/C16H17N3O/c1-12-18-15-11-13(17)7-8-16(15)19(12)9-10-20-14-5-3-2-4-6-14/h2-8,11H,9-10,17H2,1H3. The third-order valence-corrected chi connectivity index (χ3v) is 3.29. The third-order valence-electron chi connectivity index (χ3n) is 3.29. The van der Waals surface area contributed by atoms with Crippen LogP contribution >= 0.6 is 0 Å². The van der Waals surface area contributed by atoms with Gasteiger partial charge in [-0.3, -0.25) is 0 Å². The van der Waals surface area contributed by atoms with Crippen molar-refractivity contribution in [2.24, 2.45) is 0 Å². The lowest BCUT2D eigenvalue weighted by Gasteiger charge is -2.09. The van der Waals surface area contributed by atoms with E-state index in [0.717, 1.165) is 34.8 Å². The molecule has 0 unspecified atom stereocenters. The summed E-state index contributed by atoms with van der Waals surface area (Å²) in [5.41, 5.74) is 8.55. The van der Waals surface area contributed by atoms with Crippen LogP contribution in [-0.4, -0.2) is 16.2 Å². The number of aryl methyl sites for hydroxylation is 1. The van der Waals surface area contributed by atoms with E-state index in [9.17, 15) is 0 Å². The van der Waals surface area contributed by atoms with Crippen LogP contribution in [0.15, 0.2) is 48.5 Å². The number of imidazole rings is 1. The normalized spacial score (nSPS) is 10.8. The number of hydrogen-bond donors (Lipinski definition) is 1. The highest BCUT2D eigenvalue weighted by molar-refractivity contribution is 5.79. The molecule has 0 atom stereocenters. The molecule has 4 heteroatoms. The smallest absolute Gasteiger partial charge is 0.119 e. The number of nitrogens with zero attached hydrogens (tertiary/aromatic N) is 2. The first kappa shape index (κ1) is 12.5. The summed E-state index contributed by atoms with van der Waals surface area (Å²) >= 11 is 0. The summed E-state index contributed by atoms with van der Waals surface area (Å²) in [5, 5.41) is 0. The molecule has 1 heterocycles. The van der Waals surface area contributed by atoms with Crippen molar-refractivity contribution in [3.05, 3.63) is 54.4 Å². The molecule has 20 heavy (non-hydrogen) atoms. The predicted molar refractivity (Wildman–Crippen MR) is 80.8 cm³/mol. The minimum absolute atomic E-state index is 0.612. The molecule has 0 saturated carbocycles. The van der Waals surface area contributed by atoms with Crippen molar-refractivity contribution in [1.82, 2.24) is 9.55 Å². The van der Waals surface area contributed by atoms with E-state index in [4.69, 9.17) is 10.5 Å². The first-order valence-electron chi connectivity index (χ1n) is 6.64. The SMILES string of the molecule is Cc1nc2cc(N)ccc2n1CCOc1ccccc1. The van der Waals surface area contributed by atoms with Crippen molar-refractivity contribution in [3.8, 4) is 5.75 Å². The fraction of sp³-hybridized carbons (Fsp3) is 0.188. The molecule has 0 radical (unpaired) electrons. The zero-order valence-electron chi connectivity index (χ0n) is 11.4. The molecule has 3 rings (SSSR count). The molecule has 0 saturated heterocycles. The number of anilines is 1.